The fourth-order valence-electron chi connectivity index (χ4n) is 1.57. The SMILES string of the molecule is N#Cc1c(F)ccc(NS(=O)(=O)c2cccc(Cl)c2)c1F. The van der Waals surface area contributed by atoms with Crippen molar-refractivity contribution in [3.8, 4) is 6.07 Å². The molecule has 0 saturated heterocycles. The zero-order valence-electron chi connectivity index (χ0n) is 10.3. The molecule has 0 amide bonds. The number of anilines is 1. The van der Waals surface area contributed by atoms with E-state index in [1.807, 2.05) is 4.72 Å². The Morgan fingerprint density at radius 1 is 1.19 bits per heavy atom. The van der Waals surface area contributed by atoms with Gasteiger partial charge in [0.15, 0.2) is 5.82 Å². The lowest BCUT2D eigenvalue weighted by Gasteiger charge is -2.10. The predicted molar refractivity (Wildman–Crippen MR) is 73.3 cm³/mol. The van der Waals surface area contributed by atoms with Gasteiger partial charge in [-0.2, -0.15) is 5.26 Å². The Labute approximate surface area is 124 Å². The number of hydrogen-bond donors (Lipinski definition) is 1. The molecule has 0 fully saturated rings. The normalized spacial score (nSPS) is 11.0. The number of nitrogens with one attached hydrogen (secondary N) is 1. The first-order valence-corrected chi connectivity index (χ1v) is 7.38. The summed E-state index contributed by atoms with van der Waals surface area (Å²) in [6, 6.07) is 8.37. The molecule has 0 saturated carbocycles. The molecule has 0 aliphatic heterocycles. The van der Waals surface area contributed by atoms with Crippen LogP contribution in [0.5, 0.6) is 0 Å². The van der Waals surface area contributed by atoms with Crippen molar-refractivity contribution in [3.05, 3.63) is 58.6 Å². The smallest absolute Gasteiger partial charge is 0.262 e. The summed E-state index contributed by atoms with van der Waals surface area (Å²) >= 11 is 5.69. The highest BCUT2D eigenvalue weighted by Gasteiger charge is 2.20. The van der Waals surface area contributed by atoms with Crippen molar-refractivity contribution in [1.29, 1.82) is 5.26 Å². The summed E-state index contributed by atoms with van der Waals surface area (Å²) in [7, 11) is -4.10. The van der Waals surface area contributed by atoms with Crippen LogP contribution in [0.25, 0.3) is 0 Å². The van der Waals surface area contributed by atoms with Crippen LogP contribution < -0.4 is 4.72 Å². The Morgan fingerprint density at radius 3 is 2.52 bits per heavy atom. The van der Waals surface area contributed by atoms with Gasteiger partial charge in [0, 0.05) is 5.02 Å². The highest BCUT2D eigenvalue weighted by atomic mass is 35.5. The molecule has 21 heavy (non-hydrogen) atoms. The Morgan fingerprint density at radius 2 is 1.90 bits per heavy atom. The average Bonchev–Trinajstić information content (AvgIpc) is 2.43. The van der Waals surface area contributed by atoms with Gasteiger partial charge in [-0.25, -0.2) is 17.2 Å². The van der Waals surface area contributed by atoms with E-state index in [4.69, 9.17) is 16.9 Å². The van der Waals surface area contributed by atoms with Crippen LogP contribution in [0.4, 0.5) is 14.5 Å². The van der Waals surface area contributed by atoms with Crippen molar-refractivity contribution in [1.82, 2.24) is 0 Å². The van der Waals surface area contributed by atoms with Crippen LogP contribution >= 0.6 is 11.6 Å². The first-order chi connectivity index (χ1) is 9.85. The summed E-state index contributed by atoms with van der Waals surface area (Å²) in [4.78, 5) is -0.183. The number of nitrogens with zero attached hydrogens (tertiary/aromatic N) is 1. The second-order valence-electron chi connectivity index (χ2n) is 3.96. The number of benzene rings is 2. The molecule has 0 aliphatic rings. The number of rotatable bonds is 3. The first kappa shape index (κ1) is 15.2. The molecule has 0 aliphatic carbocycles. The van der Waals surface area contributed by atoms with Crippen LogP contribution in [0, 0.1) is 23.0 Å². The van der Waals surface area contributed by atoms with E-state index in [9.17, 15) is 17.2 Å². The molecule has 0 atom stereocenters. The zero-order valence-corrected chi connectivity index (χ0v) is 11.8. The van der Waals surface area contributed by atoms with E-state index < -0.39 is 32.9 Å². The van der Waals surface area contributed by atoms with Crippen molar-refractivity contribution in [2.75, 3.05) is 4.72 Å². The minimum absolute atomic E-state index is 0.183. The number of sulfonamides is 1. The largest absolute Gasteiger partial charge is 0.277 e. The monoisotopic (exact) mass is 328 g/mol. The zero-order chi connectivity index (χ0) is 15.6. The molecule has 0 heterocycles. The minimum atomic E-state index is -4.10. The van der Waals surface area contributed by atoms with Crippen molar-refractivity contribution in [2.24, 2.45) is 0 Å². The van der Waals surface area contributed by atoms with Crippen molar-refractivity contribution in [3.63, 3.8) is 0 Å². The molecule has 2 aromatic rings. The Hall–Kier alpha value is -2.17. The molecule has 108 valence electrons. The van der Waals surface area contributed by atoms with E-state index in [-0.39, 0.29) is 9.92 Å². The fraction of sp³-hybridized carbons (Fsp3) is 0. The van der Waals surface area contributed by atoms with Gasteiger partial charge < -0.3 is 0 Å². The van der Waals surface area contributed by atoms with Crippen LogP contribution in [-0.2, 0) is 10.0 Å². The molecule has 2 aromatic carbocycles. The minimum Gasteiger partial charge on any atom is -0.277 e. The predicted octanol–water partition coefficient (Wildman–Crippen LogP) is 3.29. The van der Waals surface area contributed by atoms with E-state index in [0.717, 1.165) is 12.1 Å². The highest BCUT2D eigenvalue weighted by Crippen LogP contribution is 2.24. The van der Waals surface area contributed by atoms with E-state index in [1.54, 1.807) is 0 Å². The summed E-state index contributed by atoms with van der Waals surface area (Å²) in [6.45, 7) is 0. The Balaban J connectivity index is 2.45. The van der Waals surface area contributed by atoms with Crippen LogP contribution in [0.1, 0.15) is 5.56 Å². The molecule has 0 bridgehead atoms. The topological polar surface area (TPSA) is 70.0 Å². The molecular weight excluding hydrogens is 322 g/mol. The maximum atomic E-state index is 13.8. The second-order valence-corrected chi connectivity index (χ2v) is 6.08. The van der Waals surface area contributed by atoms with Gasteiger partial charge in [0.25, 0.3) is 10.0 Å². The van der Waals surface area contributed by atoms with Crippen molar-refractivity contribution < 1.29 is 17.2 Å². The molecule has 2 rings (SSSR count). The third-order valence-electron chi connectivity index (χ3n) is 2.55. The molecule has 1 N–H and O–H groups in total. The number of nitriles is 1. The Kier molecular flexibility index (Phi) is 4.11. The van der Waals surface area contributed by atoms with Gasteiger partial charge in [-0.3, -0.25) is 4.72 Å². The molecular formula is C13H7ClF2N2O2S. The van der Waals surface area contributed by atoms with Crippen molar-refractivity contribution in [2.45, 2.75) is 4.90 Å². The summed E-state index contributed by atoms with van der Waals surface area (Å²) in [5.41, 5.74) is -1.38. The molecule has 4 nitrogen and oxygen atoms in total. The molecule has 0 unspecified atom stereocenters. The third kappa shape index (κ3) is 3.12. The van der Waals surface area contributed by atoms with Crippen LogP contribution in [0.15, 0.2) is 41.3 Å². The van der Waals surface area contributed by atoms with E-state index >= 15 is 0 Å². The van der Waals surface area contributed by atoms with E-state index in [1.165, 1.54) is 30.3 Å². The third-order valence-corrected chi connectivity index (χ3v) is 4.15. The van der Waals surface area contributed by atoms with Crippen LogP contribution in [0.2, 0.25) is 5.02 Å². The van der Waals surface area contributed by atoms with Gasteiger partial charge in [-0.15, -0.1) is 0 Å². The number of hydrogen-bond acceptors (Lipinski definition) is 3. The van der Waals surface area contributed by atoms with Crippen LogP contribution in [0.3, 0.4) is 0 Å². The van der Waals surface area contributed by atoms with Gasteiger partial charge in [0.05, 0.1) is 10.6 Å². The van der Waals surface area contributed by atoms with Gasteiger partial charge >= 0.3 is 0 Å². The lowest BCUT2D eigenvalue weighted by atomic mass is 10.2. The number of halogens is 3. The van der Waals surface area contributed by atoms with Gasteiger partial charge in [0.1, 0.15) is 17.4 Å². The Bertz CT molecular complexity index is 848. The first-order valence-electron chi connectivity index (χ1n) is 5.51. The lowest BCUT2D eigenvalue weighted by molar-refractivity contribution is 0.577. The molecule has 0 spiro atoms. The summed E-state index contributed by atoms with van der Waals surface area (Å²) in [5.74, 6) is -2.34. The van der Waals surface area contributed by atoms with Gasteiger partial charge in [0.2, 0.25) is 0 Å². The van der Waals surface area contributed by atoms with Crippen molar-refractivity contribution >= 4 is 27.3 Å². The lowest BCUT2D eigenvalue weighted by Crippen LogP contribution is -2.14. The van der Waals surface area contributed by atoms with E-state index in [0.29, 0.717) is 0 Å². The van der Waals surface area contributed by atoms with Gasteiger partial charge in [-0.1, -0.05) is 17.7 Å². The molecule has 0 aromatic heterocycles. The fourth-order valence-corrected chi connectivity index (χ4v) is 2.93. The molecule has 0 radical (unpaired) electrons. The maximum absolute atomic E-state index is 13.8. The van der Waals surface area contributed by atoms with Crippen LogP contribution in [-0.4, -0.2) is 8.42 Å². The second kappa shape index (κ2) is 5.68. The quantitative estimate of drug-likeness (QED) is 0.939. The average molecular weight is 329 g/mol. The van der Waals surface area contributed by atoms with E-state index in [2.05, 4.69) is 0 Å². The highest BCUT2D eigenvalue weighted by molar-refractivity contribution is 7.92. The maximum Gasteiger partial charge on any atom is 0.262 e. The molecule has 8 heteroatoms. The van der Waals surface area contributed by atoms with Gasteiger partial charge in [-0.05, 0) is 30.3 Å². The summed E-state index contributed by atoms with van der Waals surface area (Å²) in [5, 5.41) is 8.84. The summed E-state index contributed by atoms with van der Waals surface area (Å²) < 4.78 is 53.1. The summed E-state index contributed by atoms with van der Waals surface area (Å²) in [6.07, 6.45) is 0. The standard InChI is InChI=1S/C13H7ClF2N2O2S/c14-8-2-1-3-9(6-8)21(19,20)18-12-5-4-11(15)10(7-17)13(12)16/h1-6,18H.